The maximum absolute atomic E-state index is 11.3. The van der Waals surface area contributed by atoms with Crippen molar-refractivity contribution in [2.45, 2.75) is 39.7 Å². The molecule has 0 fully saturated rings. The zero-order chi connectivity index (χ0) is 14.5. The molecule has 7 nitrogen and oxygen atoms in total. The van der Waals surface area contributed by atoms with Gasteiger partial charge in [0.15, 0.2) is 0 Å². The van der Waals surface area contributed by atoms with Crippen LogP contribution in [0.1, 0.15) is 32.4 Å². The number of rotatable bonds is 6. The number of ether oxygens (including phenoxy) is 1. The topological polar surface area (TPSA) is 81.4 Å². The van der Waals surface area contributed by atoms with Crippen molar-refractivity contribution in [3.05, 3.63) is 18.1 Å². The first-order chi connectivity index (χ1) is 9.60. The highest BCUT2D eigenvalue weighted by Crippen LogP contribution is 2.13. The van der Waals surface area contributed by atoms with E-state index in [9.17, 15) is 4.79 Å². The molecule has 0 saturated heterocycles. The summed E-state index contributed by atoms with van der Waals surface area (Å²) in [6, 6.07) is 2.02. The molecular weight excluding hydrogens is 258 g/mol. The summed E-state index contributed by atoms with van der Waals surface area (Å²) in [4.78, 5) is 19.7. The van der Waals surface area contributed by atoms with Crippen molar-refractivity contribution >= 4 is 17.6 Å². The summed E-state index contributed by atoms with van der Waals surface area (Å²) in [5.74, 6) is 1.21. The molecular formula is C13H19N5O2. The molecule has 7 heteroatoms. The van der Waals surface area contributed by atoms with Gasteiger partial charge in [0, 0.05) is 24.2 Å². The van der Waals surface area contributed by atoms with E-state index in [0.29, 0.717) is 25.2 Å². The highest BCUT2D eigenvalue weighted by molar-refractivity contribution is 5.69. The first-order valence-corrected chi connectivity index (χ1v) is 6.69. The van der Waals surface area contributed by atoms with E-state index in [1.54, 1.807) is 11.4 Å². The van der Waals surface area contributed by atoms with E-state index in [1.807, 2.05) is 19.9 Å². The van der Waals surface area contributed by atoms with Gasteiger partial charge in [-0.05, 0) is 27.2 Å². The minimum atomic E-state index is -0.169. The molecule has 2 aromatic heterocycles. The van der Waals surface area contributed by atoms with Crippen LogP contribution in [0.4, 0.5) is 5.82 Å². The Bertz CT molecular complexity index is 595. The lowest BCUT2D eigenvalue weighted by molar-refractivity contribution is -0.143. The fourth-order valence-electron chi connectivity index (χ4n) is 1.93. The third kappa shape index (κ3) is 3.43. The number of anilines is 1. The smallest absolute Gasteiger partial charge is 0.305 e. The summed E-state index contributed by atoms with van der Waals surface area (Å²) in [6.07, 6.45) is 2.55. The molecule has 0 aliphatic heterocycles. The number of nitrogens with one attached hydrogen (secondary N) is 1. The Kier molecular flexibility index (Phi) is 4.49. The lowest BCUT2D eigenvalue weighted by Gasteiger charge is -2.15. The monoisotopic (exact) mass is 277 g/mol. The standard InChI is InChI=1S/C13H19N5O2/c1-4-20-12(19)6-5-9(2)16-11-7-10(3)17-13-14-8-15-18(11)13/h7-9,16H,4-6H2,1-3H3. The molecule has 0 amide bonds. The first kappa shape index (κ1) is 14.2. The highest BCUT2D eigenvalue weighted by Gasteiger charge is 2.10. The summed E-state index contributed by atoms with van der Waals surface area (Å²) in [5, 5.41) is 7.45. The number of aromatic nitrogens is 4. The number of nitrogens with zero attached hydrogens (tertiary/aromatic N) is 4. The van der Waals surface area contributed by atoms with Crippen LogP contribution in [0, 0.1) is 6.92 Å². The molecule has 0 bridgehead atoms. The fourth-order valence-corrected chi connectivity index (χ4v) is 1.93. The molecule has 1 atom stereocenters. The Balaban J connectivity index is 2.00. The van der Waals surface area contributed by atoms with Crippen molar-refractivity contribution in [2.75, 3.05) is 11.9 Å². The van der Waals surface area contributed by atoms with Crippen LogP contribution in [-0.2, 0) is 9.53 Å². The Hall–Kier alpha value is -2.18. The van der Waals surface area contributed by atoms with Crippen LogP contribution in [0.3, 0.4) is 0 Å². The van der Waals surface area contributed by atoms with E-state index in [1.165, 1.54) is 6.33 Å². The molecule has 0 saturated carbocycles. The maximum atomic E-state index is 11.3. The fraction of sp³-hybridized carbons (Fsp3) is 0.538. The van der Waals surface area contributed by atoms with Gasteiger partial charge in [-0.25, -0.2) is 4.98 Å². The highest BCUT2D eigenvalue weighted by atomic mass is 16.5. The van der Waals surface area contributed by atoms with Crippen LogP contribution >= 0.6 is 0 Å². The number of aryl methyl sites for hydroxylation is 1. The average molecular weight is 277 g/mol. The van der Waals surface area contributed by atoms with Gasteiger partial charge in [-0.2, -0.15) is 14.6 Å². The van der Waals surface area contributed by atoms with Gasteiger partial charge in [0.1, 0.15) is 12.1 Å². The number of esters is 1. The van der Waals surface area contributed by atoms with Crippen LogP contribution < -0.4 is 5.32 Å². The van der Waals surface area contributed by atoms with E-state index >= 15 is 0 Å². The van der Waals surface area contributed by atoms with Crippen molar-refractivity contribution in [1.29, 1.82) is 0 Å². The van der Waals surface area contributed by atoms with Gasteiger partial charge >= 0.3 is 5.97 Å². The summed E-state index contributed by atoms with van der Waals surface area (Å²) >= 11 is 0. The molecule has 108 valence electrons. The Labute approximate surface area is 117 Å². The lowest BCUT2D eigenvalue weighted by Crippen LogP contribution is -2.19. The van der Waals surface area contributed by atoms with Crippen molar-refractivity contribution < 1.29 is 9.53 Å². The lowest BCUT2D eigenvalue weighted by atomic mass is 10.2. The third-order valence-electron chi connectivity index (χ3n) is 2.86. The van der Waals surface area contributed by atoms with Crippen LogP contribution in [0.2, 0.25) is 0 Å². The van der Waals surface area contributed by atoms with Crippen LogP contribution in [-0.4, -0.2) is 38.2 Å². The van der Waals surface area contributed by atoms with E-state index in [-0.39, 0.29) is 12.0 Å². The summed E-state index contributed by atoms with van der Waals surface area (Å²) in [7, 11) is 0. The Morgan fingerprint density at radius 2 is 2.35 bits per heavy atom. The minimum Gasteiger partial charge on any atom is -0.466 e. The van der Waals surface area contributed by atoms with Crippen molar-refractivity contribution in [2.24, 2.45) is 0 Å². The Morgan fingerprint density at radius 1 is 1.55 bits per heavy atom. The zero-order valence-electron chi connectivity index (χ0n) is 12.0. The van der Waals surface area contributed by atoms with Crippen LogP contribution in [0.15, 0.2) is 12.4 Å². The number of hydrogen-bond donors (Lipinski definition) is 1. The Morgan fingerprint density at radius 3 is 3.10 bits per heavy atom. The summed E-state index contributed by atoms with van der Waals surface area (Å²) in [6.45, 7) is 6.14. The average Bonchev–Trinajstić information content (AvgIpc) is 2.85. The number of carbonyl (C=O) groups is 1. The molecule has 2 rings (SSSR count). The summed E-state index contributed by atoms with van der Waals surface area (Å²) in [5.41, 5.74) is 0.866. The minimum absolute atomic E-state index is 0.119. The van der Waals surface area contributed by atoms with Gasteiger partial charge in [-0.15, -0.1) is 0 Å². The van der Waals surface area contributed by atoms with Crippen LogP contribution in [0.5, 0.6) is 0 Å². The number of fused-ring (bicyclic) bond motifs is 1. The largest absolute Gasteiger partial charge is 0.466 e. The molecule has 2 aromatic rings. The first-order valence-electron chi connectivity index (χ1n) is 6.69. The molecule has 2 heterocycles. The van der Waals surface area contributed by atoms with Gasteiger partial charge in [0.2, 0.25) is 0 Å². The van der Waals surface area contributed by atoms with Gasteiger partial charge < -0.3 is 10.1 Å². The SMILES string of the molecule is CCOC(=O)CCC(C)Nc1cc(C)nc2ncnn12. The van der Waals surface area contributed by atoms with Crippen molar-refractivity contribution in [3.63, 3.8) is 0 Å². The molecule has 1 unspecified atom stereocenters. The zero-order valence-corrected chi connectivity index (χ0v) is 12.0. The third-order valence-corrected chi connectivity index (χ3v) is 2.86. The number of carbonyl (C=O) groups excluding carboxylic acids is 1. The van der Waals surface area contributed by atoms with E-state index in [4.69, 9.17) is 4.74 Å². The van der Waals surface area contributed by atoms with E-state index in [2.05, 4.69) is 20.4 Å². The van der Waals surface area contributed by atoms with Gasteiger partial charge in [-0.3, -0.25) is 4.79 Å². The van der Waals surface area contributed by atoms with Gasteiger partial charge in [0.05, 0.1) is 6.61 Å². The predicted molar refractivity (Wildman–Crippen MR) is 74.5 cm³/mol. The molecule has 0 aliphatic rings. The van der Waals surface area contributed by atoms with Gasteiger partial charge in [-0.1, -0.05) is 0 Å². The molecule has 0 radical (unpaired) electrons. The van der Waals surface area contributed by atoms with E-state index < -0.39 is 0 Å². The number of hydrogen-bond acceptors (Lipinski definition) is 6. The second kappa shape index (κ2) is 6.31. The van der Waals surface area contributed by atoms with E-state index in [0.717, 1.165) is 11.5 Å². The van der Waals surface area contributed by atoms with Crippen LogP contribution in [0.25, 0.3) is 5.78 Å². The molecule has 20 heavy (non-hydrogen) atoms. The molecule has 0 aliphatic carbocycles. The molecule has 0 spiro atoms. The quantitative estimate of drug-likeness (QED) is 0.807. The van der Waals surface area contributed by atoms with Crippen molar-refractivity contribution in [3.8, 4) is 0 Å². The second-order valence-corrected chi connectivity index (χ2v) is 4.64. The molecule has 0 aromatic carbocycles. The van der Waals surface area contributed by atoms with Crippen molar-refractivity contribution in [1.82, 2.24) is 19.6 Å². The molecule has 1 N–H and O–H groups in total. The normalized spacial score (nSPS) is 12.3. The van der Waals surface area contributed by atoms with Gasteiger partial charge in [0.25, 0.3) is 5.78 Å². The second-order valence-electron chi connectivity index (χ2n) is 4.64. The summed E-state index contributed by atoms with van der Waals surface area (Å²) < 4.78 is 6.56. The maximum Gasteiger partial charge on any atom is 0.305 e. The predicted octanol–water partition coefficient (Wildman–Crippen LogP) is 1.58.